The van der Waals surface area contributed by atoms with Crippen molar-refractivity contribution in [1.29, 1.82) is 0 Å². The minimum atomic E-state index is -0.740. The second kappa shape index (κ2) is 8.02. The largest absolute Gasteiger partial charge is 0.373 e. The van der Waals surface area contributed by atoms with Crippen LogP contribution < -0.4 is 10.6 Å². The first-order valence-corrected chi connectivity index (χ1v) is 7.82. The molecular formula is C12H22N4OS. The van der Waals surface area contributed by atoms with Crippen LogP contribution in [0.5, 0.6) is 0 Å². The first-order valence-electron chi connectivity index (χ1n) is 6.33. The van der Waals surface area contributed by atoms with E-state index in [0.717, 1.165) is 30.0 Å². The summed E-state index contributed by atoms with van der Waals surface area (Å²) in [7, 11) is 1.12. The van der Waals surface area contributed by atoms with E-state index < -0.39 is 10.8 Å². The molecule has 0 spiro atoms. The average Bonchev–Trinajstić information content (AvgIpc) is 2.40. The van der Waals surface area contributed by atoms with Gasteiger partial charge in [-0.1, -0.05) is 20.3 Å². The number of anilines is 2. The van der Waals surface area contributed by atoms with Crippen LogP contribution in [0.1, 0.15) is 25.8 Å². The van der Waals surface area contributed by atoms with Crippen LogP contribution in [-0.4, -0.2) is 39.3 Å². The monoisotopic (exact) mass is 270 g/mol. The lowest BCUT2D eigenvalue weighted by atomic mass is 10.1. The Morgan fingerprint density at radius 2 is 2.00 bits per heavy atom. The van der Waals surface area contributed by atoms with Gasteiger partial charge in [-0.15, -0.1) is 0 Å². The van der Waals surface area contributed by atoms with Crippen molar-refractivity contribution < 1.29 is 4.21 Å². The highest BCUT2D eigenvalue weighted by atomic mass is 32.2. The Labute approximate surface area is 111 Å². The summed E-state index contributed by atoms with van der Waals surface area (Å²) in [6, 6.07) is 0. The van der Waals surface area contributed by atoms with Gasteiger partial charge in [0.1, 0.15) is 18.0 Å². The van der Waals surface area contributed by atoms with Crippen molar-refractivity contribution in [1.82, 2.24) is 9.97 Å². The second-order valence-corrected chi connectivity index (χ2v) is 5.77. The van der Waals surface area contributed by atoms with Gasteiger partial charge < -0.3 is 10.6 Å². The van der Waals surface area contributed by atoms with E-state index in [1.54, 1.807) is 6.33 Å². The summed E-state index contributed by atoms with van der Waals surface area (Å²) in [4.78, 5) is 8.48. The lowest BCUT2D eigenvalue weighted by Crippen LogP contribution is -2.15. The second-order valence-electron chi connectivity index (χ2n) is 3.91. The molecule has 1 heterocycles. The summed E-state index contributed by atoms with van der Waals surface area (Å²) in [5, 5.41) is 6.33. The molecule has 0 aliphatic heterocycles. The summed E-state index contributed by atoms with van der Waals surface area (Å²) < 4.78 is 11.4. The van der Waals surface area contributed by atoms with Gasteiger partial charge >= 0.3 is 0 Å². The number of hydrogen-bond acceptors (Lipinski definition) is 5. The third-order valence-electron chi connectivity index (χ3n) is 2.63. The van der Waals surface area contributed by atoms with Crippen LogP contribution in [0.3, 0.4) is 0 Å². The van der Waals surface area contributed by atoms with Crippen LogP contribution in [0.25, 0.3) is 0 Å². The molecule has 0 fully saturated rings. The van der Waals surface area contributed by atoms with Crippen molar-refractivity contribution in [3.8, 4) is 0 Å². The zero-order chi connectivity index (χ0) is 13.4. The van der Waals surface area contributed by atoms with E-state index >= 15 is 0 Å². The molecule has 0 bridgehead atoms. The van der Waals surface area contributed by atoms with Crippen LogP contribution in [0.15, 0.2) is 6.33 Å². The molecule has 0 saturated carbocycles. The predicted molar refractivity (Wildman–Crippen MR) is 77.6 cm³/mol. The third kappa shape index (κ3) is 4.25. The van der Waals surface area contributed by atoms with Crippen molar-refractivity contribution in [2.75, 3.05) is 35.7 Å². The van der Waals surface area contributed by atoms with Crippen molar-refractivity contribution >= 4 is 22.4 Å². The fraction of sp³-hybridized carbons (Fsp3) is 0.667. The number of rotatable bonds is 8. The minimum absolute atomic E-state index is 0.654. The van der Waals surface area contributed by atoms with Crippen LogP contribution in [-0.2, 0) is 17.2 Å². The molecule has 1 aromatic rings. The molecule has 18 heavy (non-hydrogen) atoms. The molecule has 102 valence electrons. The molecule has 1 aromatic heterocycles. The number of nitrogens with zero attached hydrogens (tertiary/aromatic N) is 2. The molecule has 0 aliphatic carbocycles. The normalized spacial score (nSPS) is 12.2. The van der Waals surface area contributed by atoms with Gasteiger partial charge in [-0.05, 0) is 6.42 Å². The Morgan fingerprint density at radius 1 is 1.28 bits per heavy atom. The van der Waals surface area contributed by atoms with Gasteiger partial charge in [0.2, 0.25) is 0 Å². The Hall–Kier alpha value is -1.17. The molecule has 1 unspecified atom stereocenters. The van der Waals surface area contributed by atoms with Crippen molar-refractivity contribution in [2.45, 2.75) is 26.7 Å². The molecule has 5 nitrogen and oxygen atoms in total. The van der Waals surface area contributed by atoms with Gasteiger partial charge in [-0.3, -0.25) is 4.21 Å². The highest BCUT2D eigenvalue weighted by Gasteiger charge is 2.09. The molecule has 1 atom stereocenters. The standard InChI is InChI=1S/C12H22N4OS/c1-4-6-10-11(13-3)15-9-16-12(10)14-7-8-18(17)5-2/h9H,4-8H2,1-3H3,(H2,13,14,15,16). The zero-order valence-electron chi connectivity index (χ0n) is 11.3. The van der Waals surface area contributed by atoms with E-state index in [1.165, 1.54) is 0 Å². The molecule has 0 amide bonds. The quantitative estimate of drug-likeness (QED) is 0.752. The average molecular weight is 270 g/mol. The third-order valence-corrected chi connectivity index (χ3v) is 3.93. The smallest absolute Gasteiger partial charge is 0.134 e. The summed E-state index contributed by atoms with van der Waals surface area (Å²) in [5.41, 5.74) is 1.10. The van der Waals surface area contributed by atoms with Gasteiger partial charge in [-0.2, -0.15) is 0 Å². The van der Waals surface area contributed by atoms with Gasteiger partial charge in [0.25, 0.3) is 0 Å². The van der Waals surface area contributed by atoms with Crippen LogP contribution >= 0.6 is 0 Å². The van der Waals surface area contributed by atoms with Gasteiger partial charge in [-0.25, -0.2) is 9.97 Å². The molecule has 6 heteroatoms. The maximum atomic E-state index is 11.4. The fourth-order valence-corrected chi connectivity index (χ4v) is 2.31. The maximum absolute atomic E-state index is 11.4. The molecule has 0 saturated heterocycles. The number of hydrogen-bond donors (Lipinski definition) is 2. The lowest BCUT2D eigenvalue weighted by Gasteiger charge is -2.13. The summed E-state index contributed by atoms with van der Waals surface area (Å²) >= 11 is 0. The topological polar surface area (TPSA) is 66.9 Å². The lowest BCUT2D eigenvalue weighted by molar-refractivity contribution is 0.684. The van der Waals surface area contributed by atoms with Gasteiger partial charge in [0.15, 0.2) is 0 Å². The predicted octanol–water partition coefficient (Wildman–Crippen LogP) is 1.65. The Morgan fingerprint density at radius 3 is 2.61 bits per heavy atom. The van der Waals surface area contributed by atoms with E-state index in [2.05, 4.69) is 27.5 Å². The molecule has 0 aliphatic rings. The fourth-order valence-electron chi connectivity index (χ4n) is 1.69. The SMILES string of the molecule is CCCc1c(NC)ncnc1NCCS(=O)CC. The summed E-state index contributed by atoms with van der Waals surface area (Å²) in [5.74, 6) is 3.07. The minimum Gasteiger partial charge on any atom is -0.373 e. The molecule has 1 rings (SSSR count). The molecule has 0 aromatic carbocycles. The summed E-state index contributed by atoms with van der Waals surface area (Å²) in [6.45, 7) is 4.74. The number of nitrogens with one attached hydrogen (secondary N) is 2. The van der Waals surface area contributed by atoms with Crippen molar-refractivity contribution in [3.05, 3.63) is 11.9 Å². The zero-order valence-corrected chi connectivity index (χ0v) is 12.1. The van der Waals surface area contributed by atoms with E-state index in [9.17, 15) is 4.21 Å². The molecule has 2 N–H and O–H groups in total. The van der Waals surface area contributed by atoms with Crippen molar-refractivity contribution in [2.24, 2.45) is 0 Å². The van der Waals surface area contributed by atoms with E-state index in [4.69, 9.17) is 0 Å². The first-order chi connectivity index (χ1) is 8.72. The van der Waals surface area contributed by atoms with E-state index in [1.807, 2.05) is 14.0 Å². The molecule has 0 radical (unpaired) electrons. The highest BCUT2D eigenvalue weighted by molar-refractivity contribution is 7.84. The Kier molecular flexibility index (Phi) is 6.64. The first kappa shape index (κ1) is 14.9. The Bertz CT molecular complexity index is 398. The van der Waals surface area contributed by atoms with Crippen LogP contribution in [0.2, 0.25) is 0 Å². The molecular weight excluding hydrogens is 248 g/mol. The maximum Gasteiger partial charge on any atom is 0.134 e. The Balaban J connectivity index is 2.71. The van der Waals surface area contributed by atoms with E-state index in [-0.39, 0.29) is 0 Å². The number of aromatic nitrogens is 2. The van der Waals surface area contributed by atoms with Gasteiger partial charge in [0, 0.05) is 41.5 Å². The van der Waals surface area contributed by atoms with Crippen LogP contribution in [0, 0.1) is 0 Å². The van der Waals surface area contributed by atoms with Crippen LogP contribution in [0.4, 0.5) is 11.6 Å². The van der Waals surface area contributed by atoms with E-state index in [0.29, 0.717) is 18.1 Å². The van der Waals surface area contributed by atoms with Gasteiger partial charge in [0.05, 0.1) is 0 Å². The highest BCUT2D eigenvalue weighted by Crippen LogP contribution is 2.20. The van der Waals surface area contributed by atoms with Crippen molar-refractivity contribution in [3.63, 3.8) is 0 Å². The summed E-state index contributed by atoms with van der Waals surface area (Å²) in [6.07, 6.45) is 3.51.